The van der Waals surface area contributed by atoms with Crippen molar-refractivity contribution in [2.45, 2.75) is 32.7 Å². The number of anilines is 1. The number of benzene rings is 1. The van der Waals surface area contributed by atoms with Gasteiger partial charge in [0.25, 0.3) is 0 Å². The van der Waals surface area contributed by atoms with Gasteiger partial charge >= 0.3 is 0 Å². The van der Waals surface area contributed by atoms with Crippen LogP contribution < -0.4 is 5.32 Å². The monoisotopic (exact) mass is 395 g/mol. The van der Waals surface area contributed by atoms with Crippen LogP contribution in [0.15, 0.2) is 41.8 Å². The fourth-order valence-corrected chi connectivity index (χ4v) is 4.45. The first-order chi connectivity index (χ1) is 13.5. The number of hydrogen-bond donors (Lipinski definition) is 1. The van der Waals surface area contributed by atoms with Crippen LogP contribution in [0.5, 0.6) is 0 Å². The summed E-state index contributed by atoms with van der Waals surface area (Å²) in [5.74, 6) is -0.806. The number of aromatic nitrogens is 1. The van der Waals surface area contributed by atoms with E-state index >= 15 is 0 Å². The van der Waals surface area contributed by atoms with Gasteiger partial charge < -0.3 is 5.32 Å². The van der Waals surface area contributed by atoms with Gasteiger partial charge in [0.15, 0.2) is 0 Å². The minimum absolute atomic E-state index is 0.106. The zero-order valence-electron chi connectivity index (χ0n) is 15.6. The average molecular weight is 395 g/mol. The fraction of sp³-hybridized carbons (Fsp3) is 0.333. The fourth-order valence-electron chi connectivity index (χ4n) is 3.67. The van der Waals surface area contributed by atoms with Crippen molar-refractivity contribution in [3.63, 3.8) is 0 Å². The van der Waals surface area contributed by atoms with Crippen molar-refractivity contribution in [2.75, 3.05) is 5.32 Å². The molecule has 1 aliphatic heterocycles. The standard InChI is InChI=1S/C21H21N3O3S/c1-13-6-8-14(9-7-13)22-18(25)10-19-23-15(12-28-19)11-24-20(26)16-4-2-3-5-17(16)21(24)27/h2-3,6-9,12,16-17H,4-5,10-11H2,1H3,(H,22,25)/t16-,17-/m0/s1. The number of fused-ring (bicyclic) bond motifs is 1. The summed E-state index contributed by atoms with van der Waals surface area (Å²) in [5, 5.41) is 5.33. The number of hydrogen-bond acceptors (Lipinski definition) is 5. The lowest BCUT2D eigenvalue weighted by atomic mass is 9.85. The Morgan fingerprint density at radius 3 is 2.43 bits per heavy atom. The van der Waals surface area contributed by atoms with Crippen molar-refractivity contribution >= 4 is 34.7 Å². The van der Waals surface area contributed by atoms with E-state index in [1.165, 1.54) is 16.2 Å². The number of amides is 3. The molecule has 0 saturated carbocycles. The van der Waals surface area contributed by atoms with Crippen molar-refractivity contribution in [3.8, 4) is 0 Å². The van der Waals surface area contributed by atoms with Crippen molar-refractivity contribution < 1.29 is 14.4 Å². The van der Waals surface area contributed by atoms with Crippen LogP contribution >= 0.6 is 11.3 Å². The molecule has 0 bridgehead atoms. The molecule has 2 aromatic rings. The number of nitrogens with zero attached hydrogens (tertiary/aromatic N) is 2. The molecule has 2 atom stereocenters. The molecule has 28 heavy (non-hydrogen) atoms. The highest BCUT2D eigenvalue weighted by Crippen LogP contribution is 2.35. The van der Waals surface area contributed by atoms with Gasteiger partial charge in [0.05, 0.1) is 30.5 Å². The predicted molar refractivity (Wildman–Crippen MR) is 107 cm³/mol. The van der Waals surface area contributed by atoms with Crippen LogP contribution in [0.3, 0.4) is 0 Å². The molecule has 7 heteroatoms. The van der Waals surface area contributed by atoms with Crippen LogP contribution in [0.2, 0.25) is 0 Å². The highest BCUT2D eigenvalue weighted by atomic mass is 32.1. The molecule has 0 radical (unpaired) electrons. The molecule has 1 aliphatic carbocycles. The number of rotatable bonds is 5. The third-order valence-electron chi connectivity index (χ3n) is 5.17. The molecule has 2 heterocycles. The van der Waals surface area contributed by atoms with Crippen molar-refractivity contribution in [3.05, 3.63) is 58.1 Å². The number of carbonyl (C=O) groups excluding carboxylic acids is 3. The zero-order valence-corrected chi connectivity index (χ0v) is 16.4. The van der Waals surface area contributed by atoms with E-state index < -0.39 is 0 Å². The van der Waals surface area contributed by atoms with E-state index in [0.717, 1.165) is 11.3 Å². The lowest BCUT2D eigenvalue weighted by Gasteiger charge is -2.14. The highest BCUT2D eigenvalue weighted by molar-refractivity contribution is 7.09. The van der Waals surface area contributed by atoms with Gasteiger partial charge in [-0.05, 0) is 31.9 Å². The molecule has 1 saturated heterocycles. The molecule has 1 aromatic carbocycles. The maximum absolute atomic E-state index is 12.5. The first-order valence-electron chi connectivity index (χ1n) is 9.31. The van der Waals surface area contributed by atoms with Gasteiger partial charge in [-0.2, -0.15) is 0 Å². The van der Waals surface area contributed by atoms with Crippen LogP contribution in [0.4, 0.5) is 5.69 Å². The topological polar surface area (TPSA) is 79.4 Å². The minimum Gasteiger partial charge on any atom is -0.326 e. The molecule has 6 nitrogen and oxygen atoms in total. The van der Waals surface area contributed by atoms with Crippen LogP contribution in [0.1, 0.15) is 29.1 Å². The van der Waals surface area contributed by atoms with Gasteiger partial charge in [0.1, 0.15) is 5.01 Å². The molecular weight excluding hydrogens is 374 g/mol. The Morgan fingerprint density at radius 2 is 1.79 bits per heavy atom. The van der Waals surface area contributed by atoms with E-state index in [1.54, 1.807) is 0 Å². The summed E-state index contributed by atoms with van der Waals surface area (Å²) < 4.78 is 0. The minimum atomic E-state index is -0.226. The zero-order chi connectivity index (χ0) is 19.7. The van der Waals surface area contributed by atoms with E-state index in [9.17, 15) is 14.4 Å². The Kier molecular flexibility index (Phi) is 5.09. The van der Waals surface area contributed by atoms with Gasteiger partial charge in [-0.1, -0.05) is 29.8 Å². The molecular formula is C21H21N3O3S. The lowest BCUT2D eigenvalue weighted by Crippen LogP contribution is -2.30. The van der Waals surface area contributed by atoms with Crippen LogP contribution in [0, 0.1) is 18.8 Å². The van der Waals surface area contributed by atoms with Crippen LogP contribution in [-0.2, 0) is 27.3 Å². The van der Waals surface area contributed by atoms with Crippen LogP contribution in [-0.4, -0.2) is 27.6 Å². The SMILES string of the molecule is Cc1ccc(NC(=O)Cc2nc(CN3C(=O)[C@H]4CC=CC[C@@H]4C3=O)cs2)cc1. The molecule has 1 fully saturated rings. The Bertz CT molecular complexity index is 922. The quantitative estimate of drug-likeness (QED) is 0.623. The van der Waals surface area contributed by atoms with Gasteiger partial charge in [-0.25, -0.2) is 4.98 Å². The Morgan fingerprint density at radius 1 is 1.14 bits per heavy atom. The third kappa shape index (κ3) is 3.75. The normalized spacial score (nSPS) is 21.1. The molecule has 1 aromatic heterocycles. The van der Waals surface area contributed by atoms with E-state index in [1.807, 2.05) is 48.7 Å². The number of nitrogens with one attached hydrogen (secondary N) is 1. The second-order valence-electron chi connectivity index (χ2n) is 7.24. The third-order valence-corrected chi connectivity index (χ3v) is 6.06. The predicted octanol–water partition coefficient (Wildman–Crippen LogP) is 3.08. The van der Waals surface area contributed by atoms with Gasteiger partial charge in [-0.3, -0.25) is 19.3 Å². The van der Waals surface area contributed by atoms with Crippen molar-refractivity contribution in [1.29, 1.82) is 0 Å². The Hall–Kier alpha value is -2.80. The van der Waals surface area contributed by atoms with Gasteiger partial charge in [0, 0.05) is 11.1 Å². The molecule has 4 rings (SSSR count). The molecule has 0 spiro atoms. The van der Waals surface area contributed by atoms with Gasteiger partial charge in [0.2, 0.25) is 17.7 Å². The number of carbonyl (C=O) groups is 3. The summed E-state index contributed by atoms with van der Waals surface area (Å²) in [6.45, 7) is 2.17. The maximum Gasteiger partial charge on any atom is 0.233 e. The average Bonchev–Trinajstić information content (AvgIpc) is 3.22. The van der Waals surface area contributed by atoms with Crippen molar-refractivity contribution in [2.24, 2.45) is 11.8 Å². The number of likely N-dealkylation sites (tertiary alicyclic amines) is 1. The second kappa shape index (κ2) is 7.67. The molecule has 144 valence electrons. The summed E-state index contributed by atoms with van der Waals surface area (Å²) >= 11 is 1.37. The Labute approximate surface area is 167 Å². The Balaban J connectivity index is 1.37. The van der Waals surface area contributed by atoms with Gasteiger partial charge in [-0.15, -0.1) is 11.3 Å². The van der Waals surface area contributed by atoms with Crippen LogP contribution in [0.25, 0.3) is 0 Å². The summed E-state index contributed by atoms with van der Waals surface area (Å²) in [5.41, 5.74) is 2.53. The summed E-state index contributed by atoms with van der Waals surface area (Å²) in [7, 11) is 0. The van der Waals surface area contributed by atoms with E-state index in [-0.39, 0.29) is 42.5 Å². The van der Waals surface area contributed by atoms with Crippen molar-refractivity contribution in [1.82, 2.24) is 9.88 Å². The lowest BCUT2D eigenvalue weighted by molar-refractivity contribution is -0.140. The first kappa shape index (κ1) is 18.6. The molecule has 2 aliphatic rings. The number of imide groups is 1. The number of thiazole rings is 1. The number of aryl methyl sites for hydroxylation is 1. The van der Waals surface area contributed by atoms with E-state index in [0.29, 0.717) is 23.5 Å². The summed E-state index contributed by atoms with van der Waals surface area (Å²) in [6.07, 6.45) is 5.38. The summed E-state index contributed by atoms with van der Waals surface area (Å²) in [6, 6.07) is 7.60. The highest BCUT2D eigenvalue weighted by Gasteiger charge is 2.47. The molecule has 0 unspecified atom stereocenters. The van der Waals surface area contributed by atoms with E-state index in [4.69, 9.17) is 0 Å². The molecule has 1 N–H and O–H groups in total. The first-order valence-corrected chi connectivity index (χ1v) is 10.2. The summed E-state index contributed by atoms with van der Waals surface area (Å²) in [4.78, 5) is 43.1. The number of allylic oxidation sites excluding steroid dienone is 2. The smallest absolute Gasteiger partial charge is 0.233 e. The largest absolute Gasteiger partial charge is 0.326 e. The second-order valence-corrected chi connectivity index (χ2v) is 8.18. The maximum atomic E-state index is 12.5. The molecule has 3 amide bonds. The van der Waals surface area contributed by atoms with E-state index in [2.05, 4.69) is 10.3 Å².